The fourth-order valence-corrected chi connectivity index (χ4v) is 1.90. The molecule has 18 heavy (non-hydrogen) atoms. The molecule has 6 nitrogen and oxygen atoms in total. The number of amides is 1. The number of nitrogens with one attached hydrogen (secondary N) is 1. The van der Waals surface area contributed by atoms with Gasteiger partial charge in [0.05, 0.1) is 24.1 Å². The van der Waals surface area contributed by atoms with Gasteiger partial charge in [0.2, 0.25) is 0 Å². The number of carboxylic acid groups (broad SMARTS) is 1. The Kier molecular flexibility index (Phi) is 4.92. The molecule has 1 amide bonds. The summed E-state index contributed by atoms with van der Waals surface area (Å²) in [6, 6.07) is 1.50. The summed E-state index contributed by atoms with van der Waals surface area (Å²) >= 11 is 3.09. The van der Waals surface area contributed by atoms with Gasteiger partial charge in [-0.25, -0.2) is 0 Å². The average Bonchev–Trinajstić information content (AvgIpc) is 2.63. The second-order valence-electron chi connectivity index (χ2n) is 4.16. The average molecular weight is 320 g/mol. The fourth-order valence-electron chi connectivity index (χ4n) is 1.56. The van der Waals surface area contributed by atoms with Crippen LogP contribution in [0.25, 0.3) is 0 Å². The van der Waals surface area contributed by atoms with Crippen LogP contribution in [-0.2, 0) is 9.53 Å². The molecule has 0 aliphatic rings. The Balaban J connectivity index is 2.77. The van der Waals surface area contributed by atoms with Gasteiger partial charge in [0.15, 0.2) is 4.67 Å². The first kappa shape index (κ1) is 14.7. The first-order valence-electron chi connectivity index (χ1n) is 5.13. The van der Waals surface area contributed by atoms with Crippen molar-refractivity contribution < 1.29 is 23.8 Å². The van der Waals surface area contributed by atoms with Gasteiger partial charge in [-0.15, -0.1) is 0 Å². The molecule has 0 aliphatic carbocycles. The Labute approximate surface area is 112 Å². The predicted octanol–water partition coefficient (Wildman–Crippen LogP) is 1.65. The van der Waals surface area contributed by atoms with Crippen LogP contribution in [-0.4, -0.2) is 36.2 Å². The monoisotopic (exact) mass is 319 g/mol. The van der Waals surface area contributed by atoms with Crippen molar-refractivity contribution in [1.82, 2.24) is 5.32 Å². The highest BCUT2D eigenvalue weighted by Gasteiger charge is 2.30. The van der Waals surface area contributed by atoms with E-state index in [0.717, 1.165) is 0 Å². The Morgan fingerprint density at radius 3 is 2.72 bits per heavy atom. The third kappa shape index (κ3) is 4.15. The molecule has 0 saturated carbocycles. The van der Waals surface area contributed by atoms with E-state index >= 15 is 0 Å². The van der Waals surface area contributed by atoms with Crippen LogP contribution in [0.2, 0.25) is 0 Å². The summed E-state index contributed by atoms with van der Waals surface area (Å²) < 4.78 is 10.3. The van der Waals surface area contributed by atoms with Crippen molar-refractivity contribution in [2.45, 2.75) is 18.9 Å². The van der Waals surface area contributed by atoms with E-state index in [9.17, 15) is 9.59 Å². The second kappa shape index (κ2) is 6.01. The van der Waals surface area contributed by atoms with Crippen LogP contribution in [0.4, 0.5) is 0 Å². The standard InChI is InChI=1S/C11H14BrNO5/c1-11(6-17-2,4-9(14)15)13-10(16)7-3-8(12)18-5-7/h3,5H,4,6H2,1-2H3,(H,13,16)(H,14,15). The lowest BCUT2D eigenvalue weighted by Crippen LogP contribution is -2.50. The molecular weight excluding hydrogens is 306 g/mol. The smallest absolute Gasteiger partial charge is 0.305 e. The SMILES string of the molecule is COCC(C)(CC(=O)O)NC(=O)c1coc(Br)c1. The summed E-state index contributed by atoms with van der Waals surface area (Å²) in [6.07, 6.45) is 1.05. The second-order valence-corrected chi connectivity index (χ2v) is 4.94. The van der Waals surface area contributed by atoms with Gasteiger partial charge in [0, 0.05) is 13.2 Å². The molecular formula is C11H14BrNO5. The maximum Gasteiger partial charge on any atom is 0.305 e. The molecule has 0 aromatic carbocycles. The zero-order valence-corrected chi connectivity index (χ0v) is 11.6. The van der Waals surface area contributed by atoms with Gasteiger partial charge < -0.3 is 19.6 Å². The summed E-state index contributed by atoms with van der Waals surface area (Å²) in [4.78, 5) is 22.7. The number of ether oxygens (including phenoxy) is 1. The highest BCUT2D eigenvalue weighted by atomic mass is 79.9. The Morgan fingerprint density at radius 2 is 2.28 bits per heavy atom. The topological polar surface area (TPSA) is 88.8 Å². The van der Waals surface area contributed by atoms with Crippen molar-refractivity contribution in [3.63, 3.8) is 0 Å². The van der Waals surface area contributed by atoms with Gasteiger partial charge in [-0.05, 0) is 22.9 Å². The Morgan fingerprint density at radius 1 is 1.61 bits per heavy atom. The van der Waals surface area contributed by atoms with E-state index < -0.39 is 17.4 Å². The van der Waals surface area contributed by atoms with Crippen molar-refractivity contribution >= 4 is 27.8 Å². The number of carboxylic acids is 1. The molecule has 0 saturated heterocycles. The zero-order valence-electron chi connectivity index (χ0n) is 10.0. The summed E-state index contributed by atoms with van der Waals surface area (Å²) in [6.45, 7) is 1.71. The van der Waals surface area contributed by atoms with Crippen LogP contribution in [0.5, 0.6) is 0 Å². The molecule has 100 valence electrons. The van der Waals surface area contributed by atoms with E-state index in [2.05, 4.69) is 21.2 Å². The van der Waals surface area contributed by atoms with Gasteiger partial charge in [-0.1, -0.05) is 0 Å². The molecule has 1 rings (SSSR count). The van der Waals surface area contributed by atoms with E-state index in [4.69, 9.17) is 14.3 Å². The minimum atomic E-state index is -1.01. The maximum absolute atomic E-state index is 11.9. The molecule has 1 heterocycles. The lowest BCUT2D eigenvalue weighted by atomic mass is 9.98. The van der Waals surface area contributed by atoms with E-state index in [0.29, 0.717) is 10.2 Å². The van der Waals surface area contributed by atoms with Crippen molar-refractivity contribution in [2.75, 3.05) is 13.7 Å². The summed E-state index contributed by atoms with van der Waals surface area (Å²) in [5.74, 6) is -1.42. The minimum Gasteiger partial charge on any atom is -0.481 e. The number of rotatable bonds is 6. The van der Waals surface area contributed by atoms with Crippen LogP contribution in [0.1, 0.15) is 23.7 Å². The molecule has 1 unspecified atom stereocenters. The summed E-state index contributed by atoms with van der Waals surface area (Å²) in [5.41, 5.74) is -0.656. The minimum absolute atomic E-state index is 0.101. The van der Waals surface area contributed by atoms with Gasteiger partial charge in [-0.3, -0.25) is 9.59 Å². The maximum atomic E-state index is 11.9. The van der Waals surface area contributed by atoms with E-state index in [-0.39, 0.29) is 13.0 Å². The normalized spacial score (nSPS) is 13.9. The quantitative estimate of drug-likeness (QED) is 0.832. The van der Waals surface area contributed by atoms with Crippen molar-refractivity contribution in [1.29, 1.82) is 0 Å². The van der Waals surface area contributed by atoms with Crippen molar-refractivity contribution in [2.24, 2.45) is 0 Å². The number of carbonyl (C=O) groups is 2. The number of methoxy groups -OCH3 is 1. The first-order valence-corrected chi connectivity index (χ1v) is 5.93. The van der Waals surface area contributed by atoms with Gasteiger partial charge in [-0.2, -0.15) is 0 Å². The molecule has 0 fully saturated rings. The van der Waals surface area contributed by atoms with E-state index in [1.165, 1.54) is 19.4 Å². The lowest BCUT2D eigenvalue weighted by molar-refractivity contribution is -0.139. The number of halogens is 1. The fraction of sp³-hybridized carbons (Fsp3) is 0.455. The Hall–Kier alpha value is -1.34. The van der Waals surface area contributed by atoms with Crippen LogP contribution in [0.15, 0.2) is 21.4 Å². The lowest BCUT2D eigenvalue weighted by Gasteiger charge is -2.28. The molecule has 0 radical (unpaired) electrons. The van der Waals surface area contributed by atoms with Gasteiger partial charge in [0.1, 0.15) is 6.26 Å². The van der Waals surface area contributed by atoms with Crippen molar-refractivity contribution in [3.05, 3.63) is 22.6 Å². The van der Waals surface area contributed by atoms with Crippen LogP contribution in [0.3, 0.4) is 0 Å². The number of carbonyl (C=O) groups excluding carboxylic acids is 1. The Bertz CT molecular complexity index is 444. The third-order valence-electron chi connectivity index (χ3n) is 2.25. The molecule has 2 N–H and O–H groups in total. The number of aliphatic carboxylic acids is 1. The number of hydrogen-bond donors (Lipinski definition) is 2. The van der Waals surface area contributed by atoms with Gasteiger partial charge in [0.25, 0.3) is 5.91 Å². The largest absolute Gasteiger partial charge is 0.481 e. The van der Waals surface area contributed by atoms with E-state index in [1.807, 2.05) is 0 Å². The molecule has 1 atom stereocenters. The van der Waals surface area contributed by atoms with E-state index in [1.54, 1.807) is 6.92 Å². The van der Waals surface area contributed by atoms with Crippen LogP contribution >= 0.6 is 15.9 Å². The van der Waals surface area contributed by atoms with Crippen LogP contribution < -0.4 is 5.32 Å². The summed E-state index contributed by atoms with van der Waals surface area (Å²) in [5, 5.41) is 11.5. The number of furan rings is 1. The first-order chi connectivity index (χ1) is 8.36. The molecule has 0 spiro atoms. The molecule has 1 aromatic heterocycles. The number of hydrogen-bond acceptors (Lipinski definition) is 4. The summed E-state index contributed by atoms with van der Waals surface area (Å²) in [7, 11) is 1.45. The van der Waals surface area contributed by atoms with Crippen LogP contribution in [0, 0.1) is 0 Å². The highest BCUT2D eigenvalue weighted by Crippen LogP contribution is 2.16. The highest BCUT2D eigenvalue weighted by molar-refractivity contribution is 9.10. The zero-order chi connectivity index (χ0) is 13.8. The predicted molar refractivity (Wildman–Crippen MR) is 66.4 cm³/mol. The van der Waals surface area contributed by atoms with Crippen molar-refractivity contribution in [3.8, 4) is 0 Å². The molecule has 0 bridgehead atoms. The van der Waals surface area contributed by atoms with Gasteiger partial charge >= 0.3 is 5.97 Å². The third-order valence-corrected chi connectivity index (χ3v) is 2.67. The molecule has 0 aliphatic heterocycles. The molecule has 1 aromatic rings. The molecule has 7 heteroatoms.